The summed E-state index contributed by atoms with van der Waals surface area (Å²) in [6.45, 7) is 0. The quantitative estimate of drug-likeness (QED) is 0.492. The normalized spacial score (nSPS) is 10.6. The highest BCUT2D eigenvalue weighted by Gasteiger charge is 2.18. The van der Waals surface area contributed by atoms with E-state index >= 15 is 0 Å². The second-order valence-electron chi connectivity index (χ2n) is 6.00. The summed E-state index contributed by atoms with van der Waals surface area (Å²) >= 11 is 0. The SMILES string of the molecule is CNc1nccc(-c2[nH]c(-c3ccccc3)nc2-c2cnc(N)c(OC)c2)n1. The molecule has 8 heteroatoms. The highest BCUT2D eigenvalue weighted by atomic mass is 16.5. The summed E-state index contributed by atoms with van der Waals surface area (Å²) in [6, 6.07) is 13.5. The molecule has 4 aromatic rings. The number of benzene rings is 1. The van der Waals surface area contributed by atoms with Crippen molar-refractivity contribution in [3.05, 3.63) is 54.9 Å². The smallest absolute Gasteiger partial charge is 0.222 e. The molecule has 0 atom stereocenters. The largest absolute Gasteiger partial charge is 0.493 e. The van der Waals surface area contributed by atoms with Gasteiger partial charge in [-0.2, -0.15) is 0 Å². The summed E-state index contributed by atoms with van der Waals surface area (Å²) in [5.74, 6) is 2.07. The number of anilines is 2. The van der Waals surface area contributed by atoms with E-state index < -0.39 is 0 Å². The highest BCUT2D eigenvalue weighted by molar-refractivity contribution is 5.80. The number of H-pyrrole nitrogens is 1. The van der Waals surface area contributed by atoms with E-state index in [1.807, 2.05) is 42.5 Å². The number of rotatable bonds is 5. The lowest BCUT2D eigenvalue weighted by molar-refractivity contribution is 0.415. The van der Waals surface area contributed by atoms with Crippen LogP contribution in [-0.4, -0.2) is 39.1 Å². The maximum Gasteiger partial charge on any atom is 0.222 e. The van der Waals surface area contributed by atoms with Crippen molar-refractivity contribution in [3.8, 4) is 39.8 Å². The van der Waals surface area contributed by atoms with E-state index in [1.165, 1.54) is 0 Å². The number of nitrogens with zero attached hydrogens (tertiary/aromatic N) is 4. The molecule has 0 radical (unpaired) electrons. The Morgan fingerprint density at radius 3 is 2.61 bits per heavy atom. The summed E-state index contributed by atoms with van der Waals surface area (Å²) in [6.07, 6.45) is 3.37. The van der Waals surface area contributed by atoms with Crippen LogP contribution < -0.4 is 15.8 Å². The van der Waals surface area contributed by atoms with Crippen LogP contribution in [0.3, 0.4) is 0 Å². The van der Waals surface area contributed by atoms with Crippen molar-refractivity contribution < 1.29 is 4.74 Å². The predicted octanol–water partition coefficient (Wildman–Crippen LogP) is 3.23. The summed E-state index contributed by atoms with van der Waals surface area (Å²) < 4.78 is 5.32. The first-order valence-electron chi connectivity index (χ1n) is 8.66. The van der Waals surface area contributed by atoms with E-state index in [4.69, 9.17) is 15.5 Å². The van der Waals surface area contributed by atoms with Gasteiger partial charge in [0.1, 0.15) is 11.5 Å². The van der Waals surface area contributed by atoms with Gasteiger partial charge in [0.25, 0.3) is 0 Å². The van der Waals surface area contributed by atoms with E-state index in [1.54, 1.807) is 26.6 Å². The molecule has 3 aromatic heterocycles. The second kappa shape index (κ2) is 7.36. The Hall–Kier alpha value is -3.94. The number of aromatic amines is 1. The fourth-order valence-electron chi connectivity index (χ4n) is 2.87. The van der Waals surface area contributed by atoms with Crippen LogP contribution in [0, 0.1) is 0 Å². The average Bonchev–Trinajstić information content (AvgIpc) is 3.20. The summed E-state index contributed by atoms with van der Waals surface area (Å²) in [7, 11) is 3.33. The van der Waals surface area contributed by atoms with Crippen molar-refractivity contribution >= 4 is 11.8 Å². The molecule has 140 valence electrons. The summed E-state index contributed by atoms with van der Waals surface area (Å²) in [5.41, 5.74) is 9.77. The Kier molecular flexibility index (Phi) is 4.59. The molecule has 0 saturated carbocycles. The number of nitrogens with one attached hydrogen (secondary N) is 2. The van der Waals surface area contributed by atoms with Gasteiger partial charge in [-0.05, 0) is 12.1 Å². The van der Waals surface area contributed by atoms with Crippen LogP contribution in [0.1, 0.15) is 0 Å². The van der Waals surface area contributed by atoms with Crippen molar-refractivity contribution in [3.63, 3.8) is 0 Å². The second-order valence-corrected chi connectivity index (χ2v) is 6.00. The molecule has 1 aromatic carbocycles. The minimum Gasteiger partial charge on any atom is -0.493 e. The number of nitrogen functional groups attached to an aromatic ring is 1. The Balaban J connectivity index is 1.92. The van der Waals surface area contributed by atoms with Crippen molar-refractivity contribution in [2.75, 3.05) is 25.2 Å². The average molecular weight is 373 g/mol. The lowest BCUT2D eigenvalue weighted by Gasteiger charge is -2.07. The number of hydrogen-bond donors (Lipinski definition) is 3. The van der Waals surface area contributed by atoms with Gasteiger partial charge >= 0.3 is 0 Å². The molecule has 0 spiro atoms. The number of ether oxygens (including phenoxy) is 1. The van der Waals surface area contributed by atoms with Gasteiger partial charge in [0.05, 0.1) is 18.5 Å². The standard InChI is InChI=1S/C20H19N7O/c1-22-20-23-9-8-14(25-20)17-16(13-10-15(28-2)18(21)24-11-13)26-19(27-17)12-6-4-3-5-7-12/h3-11H,1-2H3,(H2,21,24)(H,26,27)(H,22,23,25). The molecule has 0 amide bonds. The lowest BCUT2D eigenvalue weighted by atomic mass is 10.1. The van der Waals surface area contributed by atoms with Gasteiger partial charge < -0.3 is 20.8 Å². The number of aromatic nitrogens is 5. The van der Waals surface area contributed by atoms with Gasteiger partial charge in [0.15, 0.2) is 11.6 Å². The van der Waals surface area contributed by atoms with Crippen LogP contribution in [0.2, 0.25) is 0 Å². The van der Waals surface area contributed by atoms with Gasteiger partial charge in [0.2, 0.25) is 5.95 Å². The number of hydrogen-bond acceptors (Lipinski definition) is 7. The van der Waals surface area contributed by atoms with Gasteiger partial charge in [-0.15, -0.1) is 0 Å². The maximum absolute atomic E-state index is 5.87. The van der Waals surface area contributed by atoms with Crippen LogP contribution in [0.25, 0.3) is 34.0 Å². The number of pyridine rings is 1. The zero-order chi connectivity index (χ0) is 19.5. The Morgan fingerprint density at radius 1 is 1.04 bits per heavy atom. The van der Waals surface area contributed by atoms with Gasteiger partial charge in [-0.25, -0.2) is 19.9 Å². The van der Waals surface area contributed by atoms with Crippen molar-refractivity contribution in [1.82, 2.24) is 24.9 Å². The molecule has 0 aliphatic rings. The molecule has 0 aliphatic heterocycles. The third kappa shape index (κ3) is 3.23. The summed E-state index contributed by atoms with van der Waals surface area (Å²) in [4.78, 5) is 21.2. The molecule has 4 N–H and O–H groups in total. The first kappa shape index (κ1) is 17.5. The van der Waals surface area contributed by atoms with Crippen LogP contribution >= 0.6 is 0 Å². The van der Waals surface area contributed by atoms with Crippen LogP contribution in [0.15, 0.2) is 54.9 Å². The van der Waals surface area contributed by atoms with E-state index in [-0.39, 0.29) is 0 Å². The minimum absolute atomic E-state index is 0.325. The van der Waals surface area contributed by atoms with Crippen LogP contribution in [0.5, 0.6) is 5.75 Å². The molecule has 0 fully saturated rings. The third-order valence-corrected chi connectivity index (χ3v) is 4.26. The molecule has 3 heterocycles. The van der Waals surface area contributed by atoms with Crippen LogP contribution in [-0.2, 0) is 0 Å². The minimum atomic E-state index is 0.325. The zero-order valence-corrected chi connectivity index (χ0v) is 15.5. The van der Waals surface area contributed by atoms with E-state index in [0.29, 0.717) is 28.9 Å². The van der Waals surface area contributed by atoms with Gasteiger partial charge in [-0.3, -0.25) is 0 Å². The highest BCUT2D eigenvalue weighted by Crippen LogP contribution is 2.34. The van der Waals surface area contributed by atoms with Crippen LogP contribution in [0.4, 0.5) is 11.8 Å². The van der Waals surface area contributed by atoms with Crippen molar-refractivity contribution in [2.24, 2.45) is 0 Å². The fourth-order valence-corrected chi connectivity index (χ4v) is 2.87. The molecule has 4 rings (SSSR count). The number of methoxy groups -OCH3 is 1. The number of nitrogens with two attached hydrogens (primary N) is 1. The molecule has 8 nitrogen and oxygen atoms in total. The molecule has 0 aliphatic carbocycles. The monoisotopic (exact) mass is 373 g/mol. The molecule has 28 heavy (non-hydrogen) atoms. The predicted molar refractivity (Wildman–Crippen MR) is 109 cm³/mol. The fraction of sp³-hybridized carbons (Fsp3) is 0.100. The van der Waals surface area contributed by atoms with Crippen molar-refractivity contribution in [1.29, 1.82) is 0 Å². The molecular weight excluding hydrogens is 354 g/mol. The third-order valence-electron chi connectivity index (χ3n) is 4.26. The summed E-state index contributed by atoms with van der Waals surface area (Å²) in [5, 5.41) is 2.96. The Bertz CT molecular complexity index is 1110. The maximum atomic E-state index is 5.87. The molecular formula is C20H19N7O. The van der Waals surface area contributed by atoms with E-state index in [9.17, 15) is 0 Å². The molecule has 0 unspecified atom stereocenters. The topological polar surface area (TPSA) is 115 Å². The molecule has 0 bridgehead atoms. The van der Waals surface area contributed by atoms with E-state index in [0.717, 1.165) is 22.6 Å². The first-order valence-corrected chi connectivity index (χ1v) is 8.66. The lowest BCUT2D eigenvalue weighted by Crippen LogP contribution is -1.98. The Labute approximate surface area is 161 Å². The Morgan fingerprint density at radius 2 is 1.86 bits per heavy atom. The van der Waals surface area contributed by atoms with Crippen molar-refractivity contribution in [2.45, 2.75) is 0 Å². The van der Waals surface area contributed by atoms with E-state index in [2.05, 4.69) is 25.3 Å². The first-order chi connectivity index (χ1) is 13.7. The number of imidazole rings is 1. The molecule has 0 saturated heterocycles. The zero-order valence-electron chi connectivity index (χ0n) is 15.5. The van der Waals surface area contributed by atoms with Gasteiger partial charge in [-0.1, -0.05) is 30.3 Å². The van der Waals surface area contributed by atoms with Gasteiger partial charge in [0, 0.05) is 30.6 Å².